The molecule has 0 amide bonds. The van der Waals surface area contributed by atoms with E-state index in [-0.39, 0.29) is 5.97 Å². The van der Waals surface area contributed by atoms with Gasteiger partial charge in [0.25, 0.3) is 0 Å². The molecule has 0 atom stereocenters. The van der Waals surface area contributed by atoms with Crippen LogP contribution in [0.4, 0.5) is 0 Å². The van der Waals surface area contributed by atoms with Crippen molar-refractivity contribution in [2.75, 3.05) is 0 Å². The summed E-state index contributed by atoms with van der Waals surface area (Å²) >= 11 is 0. The molecule has 0 spiro atoms. The van der Waals surface area contributed by atoms with Gasteiger partial charge in [-0.15, -0.1) is 0 Å². The van der Waals surface area contributed by atoms with E-state index in [1.54, 1.807) is 0 Å². The lowest BCUT2D eigenvalue weighted by Gasteiger charge is -2.10. The maximum absolute atomic E-state index is 11.5. The molecular formula is C12H11NO2. The summed E-state index contributed by atoms with van der Waals surface area (Å²) in [5, 5.41) is 9.05. The maximum atomic E-state index is 11.5. The summed E-state index contributed by atoms with van der Waals surface area (Å²) in [5.41, 5.74) is 4.83. The van der Waals surface area contributed by atoms with Crippen LogP contribution in [0.1, 0.15) is 38.2 Å². The average Bonchev–Trinajstić information content (AvgIpc) is 2.58. The quantitative estimate of drug-likeness (QED) is 0.604. The van der Waals surface area contributed by atoms with Crippen LogP contribution in [0.2, 0.25) is 0 Å². The summed E-state index contributed by atoms with van der Waals surface area (Å²) < 4.78 is 4.99. The van der Waals surface area contributed by atoms with Gasteiger partial charge in [0.15, 0.2) is 0 Å². The number of hydrogen-bond acceptors (Lipinski definition) is 3. The van der Waals surface area contributed by atoms with E-state index in [9.17, 15) is 4.79 Å². The van der Waals surface area contributed by atoms with Crippen molar-refractivity contribution in [3.63, 3.8) is 0 Å². The molecule has 0 unspecified atom stereocenters. The molecule has 1 aromatic carbocycles. The Morgan fingerprint density at radius 3 is 2.47 bits per heavy atom. The highest BCUT2D eigenvalue weighted by Gasteiger charge is 2.28. The SMILES string of the molecule is Cc1c(C)c2c(c(C)c1C#N)COC2=O. The van der Waals surface area contributed by atoms with E-state index >= 15 is 0 Å². The van der Waals surface area contributed by atoms with Crippen molar-refractivity contribution in [2.45, 2.75) is 27.4 Å². The first-order valence-corrected chi connectivity index (χ1v) is 4.77. The number of hydrogen-bond donors (Lipinski definition) is 0. The molecule has 0 N–H and O–H groups in total. The van der Waals surface area contributed by atoms with Gasteiger partial charge in [0.1, 0.15) is 6.61 Å². The second-order valence-electron chi connectivity index (χ2n) is 3.79. The summed E-state index contributed by atoms with van der Waals surface area (Å²) in [5.74, 6) is -0.266. The third kappa shape index (κ3) is 1.15. The Bertz CT molecular complexity index is 510. The number of esters is 1. The molecule has 76 valence electrons. The van der Waals surface area contributed by atoms with Gasteiger partial charge in [-0.25, -0.2) is 4.79 Å². The zero-order chi connectivity index (χ0) is 11.2. The van der Waals surface area contributed by atoms with Gasteiger partial charge in [-0.1, -0.05) is 0 Å². The van der Waals surface area contributed by atoms with Crippen molar-refractivity contribution >= 4 is 5.97 Å². The fraction of sp³-hybridized carbons (Fsp3) is 0.333. The molecule has 0 saturated heterocycles. The fourth-order valence-electron chi connectivity index (χ4n) is 2.06. The molecule has 1 aliphatic heterocycles. The van der Waals surface area contributed by atoms with Crippen LogP contribution < -0.4 is 0 Å². The van der Waals surface area contributed by atoms with Crippen LogP contribution in [0.3, 0.4) is 0 Å². The topological polar surface area (TPSA) is 50.1 Å². The van der Waals surface area contributed by atoms with Gasteiger partial charge in [0.2, 0.25) is 0 Å². The van der Waals surface area contributed by atoms with Crippen LogP contribution in [0.25, 0.3) is 0 Å². The van der Waals surface area contributed by atoms with E-state index in [1.165, 1.54) is 0 Å². The summed E-state index contributed by atoms with van der Waals surface area (Å²) in [6, 6.07) is 2.18. The Morgan fingerprint density at radius 1 is 1.20 bits per heavy atom. The minimum atomic E-state index is -0.266. The molecule has 0 bridgehead atoms. The number of carbonyl (C=O) groups excluding carboxylic acids is 1. The smallest absolute Gasteiger partial charge is 0.339 e. The summed E-state index contributed by atoms with van der Waals surface area (Å²) in [7, 11) is 0. The molecule has 3 nitrogen and oxygen atoms in total. The number of carbonyl (C=O) groups is 1. The summed E-state index contributed by atoms with van der Waals surface area (Å²) in [4.78, 5) is 11.5. The minimum Gasteiger partial charge on any atom is -0.457 e. The Labute approximate surface area is 88.3 Å². The van der Waals surface area contributed by atoms with Crippen molar-refractivity contribution < 1.29 is 9.53 Å². The molecule has 0 aromatic heterocycles. The van der Waals surface area contributed by atoms with Gasteiger partial charge in [-0.3, -0.25) is 0 Å². The second kappa shape index (κ2) is 3.09. The lowest BCUT2D eigenvalue weighted by Crippen LogP contribution is -2.03. The van der Waals surface area contributed by atoms with E-state index in [1.807, 2.05) is 20.8 Å². The molecule has 0 fully saturated rings. The molecule has 3 heteroatoms. The number of cyclic esters (lactones) is 1. The highest BCUT2D eigenvalue weighted by atomic mass is 16.5. The molecule has 1 aliphatic rings. The minimum absolute atomic E-state index is 0.266. The van der Waals surface area contributed by atoms with Crippen LogP contribution in [0, 0.1) is 32.1 Å². The molecular weight excluding hydrogens is 190 g/mol. The van der Waals surface area contributed by atoms with E-state index in [4.69, 9.17) is 10.00 Å². The monoisotopic (exact) mass is 201 g/mol. The zero-order valence-electron chi connectivity index (χ0n) is 8.97. The third-order valence-corrected chi connectivity index (χ3v) is 3.11. The van der Waals surface area contributed by atoms with E-state index in [2.05, 4.69) is 6.07 Å². The van der Waals surface area contributed by atoms with Crippen LogP contribution in [-0.4, -0.2) is 5.97 Å². The fourth-order valence-corrected chi connectivity index (χ4v) is 2.06. The largest absolute Gasteiger partial charge is 0.457 e. The Balaban J connectivity index is 2.87. The standard InChI is InChI=1S/C12H11NO2/c1-6-7(2)11-10(5-15-12(11)14)8(3)9(6)4-13/h5H2,1-3H3. The molecule has 0 radical (unpaired) electrons. The Kier molecular flexibility index (Phi) is 2.01. The number of fused-ring (bicyclic) bond motifs is 1. The van der Waals surface area contributed by atoms with Crippen LogP contribution in [0.15, 0.2) is 0 Å². The second-order valence-corrected chi connectivity index (χ2v) is 3.79. The number of nitriles is 1. The predicted octanol–water partition coefficient (Wildman–Crippen LogP) is 2.15. The van der Waals surface area contributed by atoms with Gasteiger partial charge >= 0.3 is 5.97 Å². The number of benzene rings is 1. The van der Waals surface area contributed by atoms with Crippen LogP contribution >= 0.6 is 0 Å². The van der Waals surface area contributed by atoms with Gasteiger partial charge in [-0.2, -0.15) is 5.26 Å². The van der Waals surface area contributed by atoms with Gasteiger partial charge in [0, 0.05) is 5.56 Å². The van der Waals surface area contributed by atoms with E-state index in [0.717, 1.165) is 22.3 Å². The van der Waals surface area contributed by atoms with Gasteiger partial charge < -0.3 is 4.74 Å². The number of ether oxygens (including phenoxy) is 1. The third-order valence-electron chi connectivity index (χ3n) is 3.11. The first-order valence-electron chi connectivity index (χ1n) is 4.77. The molecule has 1 aromatic rings. The maximum Gasteiger partial charge on any atom is 0.339 e. The Morgan fingerprint density at radius 2 is 1.87 bits per heavy atom. The normalized spacial score (nSPS) is 13.3. The molecule has 0 saturated carbocycles. The highest BCUT2D eigenvalue weighted by molar-refractivity contribution is 5.96. The van der Waals surface area contributed by atoms with Gasteiger partial charge in [-0.05, 0) is 37.5 Å². The van der Waals surface area contributed by atoms with E-state index in [0.29, 0.717) is 17.7 Å². The van der Waals surface area contributed by atoms with Crippen molar-refractivity contribution in [3.05, 3.63) is 33.4 Å². The lowest BCUT2D eigenvalue weighted by atomic mass is 9.90. The van der Waals surface area contributed by atoms with Crippen molar-refractivity contribution in [1.29, 1.82) is 5.26 Å². The first kappa shape index (κ1) is 9.72. The molecule has 2 rings (SSSR count). The van der Waals surface area contributed by atoms with Crippen LogP contribution in [0.5, 0.6) is 0 Å². The average molecular weight is 201 g/mol. The number of nitrogens with zero attached hydrogens (tertiary/aromatic N) is 1. The molecule has 1 heterocycles. The van der Waals surface area contributed by atoms with Crippen molar-refractivity contribution in [2.24, 2.45) is 0 Å². The van der Waals surface area contributed by atoms with E-state index < -0.39 is 0 Å². The van der Waals surface area contributed by atoms with Crippen molar-refractivity contribution in [1.82, 2.24) is 0 Å². The summed E-state index contributed by atoms with van der Waals surface area (Å²) in [6.07, 6.45) is 0. The van der Waals surface area contributed by atoms with Gasteiger partial charge in [0.05, 0.1) is 17.2 Å². The highest BCUT2D eigenvalue weighted by Crippen LogP contribution is 2.31. The predicted molar refractivity (Wildman–Crippen MR) is 54.5 cm³/mol. The van der Waals surface area contributed by atoms with Crippen molar-refractivity contribution in [3.8, 4) is 6.07 Å². The lowest BCUT2D eigenvalue weighted by molar-refractivity contribution is 0.0534. The number of rotatable bonds is 0. The molecule has 15 heavy (non-hydrogen) atoms. The Hall–Kier alpha value is -1.82. The summed E-state index contributed by atoms with van der Waals surface area (Å²) in [6.45, 7) is 5.90. The first-order chi connectivity index (χ1) is 7.07. The zero-order valence-corrected chi connectivity index (χ0v) is 8.97. The molecule has 0 aliphatic carbocycles. The van der Waals surface area contributed by atoms with Crippen LogP contribution in [-0.2, 0) is 11.3 Å².